The molecule has 5 heteroatoms. The Balaban J connectivity index is 2.36. The molecule has 0 N–H and O–H groups in total. The smallest absolute Gasteiger partial charge is 0.119 e. The molecule has 1 aromatic heterocycles. The number of hydrogen-bond acceptors (Lipinski definition) is 3. The predicted octanol–water partition coefficient (Wildman–Crippen LogP) is 3.65. The van der Waals surface area contributed by atoms with Crippen LogP contribution in [0.2, 0.25) is 0 Å². The van der Waals surface area contributed by atoms with Gasteiger partial charge in [0.1, 0.15) is 5.75 Å². The molecule has 1 aromatic carbocycles. The summed E-state index contributed by atoms with van der Waals surface area (Å²) in [6.45, 7) is 2.57. The van der Waals surface area contributed by atoms with Gasteiger partial charge in [-0.1, -0.05) is 0 Å². The van der Waals surface area contributed by atoms with Crippen molar-refractivity contribution in [3.05, 3.63) is 46.2 Å². The third-order valence-electron chi connectivity index (χ3n) is 2.82. The summed E-state index contributed by atoms with van der Waals surface area (Å²) >= 11 is 3.42. The summed E-state index contributed by atoms with van der Waals surface area (Å²) in [7, 11) is 1.84. The van der Waals surface area contributed by atoms with Gasteiger partial charge in [-0.3, -0.25) is 4.68 Å². The fourth-order valence-corrected chi connectivity index (χ4v) is 2.26. The molecule has 0 aliphatic heterocycles. The number of ether oxygens (including phenoxy) is 1. The van der Waals surface area contributed by atoms with Crippen molar-refractivity contribution in [2.45, 2.75) is 6.92 Å². The van der Waals surface area contributed by atoms with E-state index in [4.69, 9.17) is 4.74 Å². The maximum atomic E-state index is 9.34. The summed E-state index contributed by atoms with van der Waals surface area (Å²) in [4.78, 5) is 0. The monoisotopic (exact) mass is 331 g/mol. The predicted molar refractivity (Wildman–Crippen MR) is 82.0 cm³/mol. The average Bonchev–Trinajstić information content (AvgIpc) is 2.77. The highest BCUT2D eigenvalue weighted by Crippen LogP contribution is 2.24. The van der Waals surface area contributed by atoms with Crippen molar-refractivity contribution >= 4 is 27.6 Å². The van der Waals surface area contributed by atoms with E-state index in [2.05, 4.69) is 27.1 Å². The number of benzene rings is 1. The molecule has 102 valence electrons. The molecular weight excluding hydrogens is 318 g/mol. The summed E-state index contributed by atoms with van der Waals surface area (Å²) < 4.78 is 7.97. The van der Waals surface area contributed by atoms with Gasteiger partial charge in [0.2, 0.25) is 0 Å². The zero-order valence-corrected chi connectivity index (χ0v) is 12.9. The number of aryl methyl sites for hydroxylation is 1. The van der Waals surface area contributed by atoms with Crippen molar-refractivity contribution in [3.8, 4) is 11.8 Å². The highest BCUT2D eigenvalue weighted by atomic mass is 79.9. The van der Waals surface area contributed by atoms with Gasteiger partial charge in [0.25, 0.3) is 0 Å². The molecule has 1 heterocycles. The van der Waals surface area contributed by atoms with Crippen molar-refractivity contribution in [3.63, 3.8) is 0 Å². The van der Waals surface area contributed by atoms with Gasteiger partial charge in [-0.25, -0.2) is 0 Å². The van der Waals surface area contributed by atoms with Gasteiger partial charge in [0.15, 0.2) is 0 Å². The van der Waals surface area contributed by atoms with Crippen molar-refractivity contribution in [2.75, 3.05) is 6.61 Å². The molecule has 0 aliphatic carbocycles. The number of nitriles is 1. The molecule has 4 nitrogen and oxygen atoms in total. The van der Waals surface area contributed by atoms with E-state index in [1.807, 2.05) is 44.3 Å². The topological polar surface area (TPSA) is 50.8 Å². The number of allylic oxidation sites excluding steroid dienone is 1. The third kappa shape index (κ3) is 3.09. The molecule has 0 amide bonds. The van der Waals surface area contributed by atoms with Gasteiger partial charge >= 0.3 is 0 Å². The molecule has 0 spiro atoms. The van der Waals surface area contributed by atoms with Crippen LogP contribution in [0.15, 0.2) is 34.9 Å². The minimum Gasteiger partial charge on any atom is -0.494 e. The normalized spacial score (nSPS) is 11.2. The molecule has 0 saturated carbocycles. The average molecular weight is 332 g/mol. The zero-order valence-electron chi connectivity index (χ0n) is 11.3. The lowest BCUT2D eigenvalue weighted by Gasteiger charge is -2.04. The lowest BCUT2D eigenvalue weighted by atomic mass is 10.1. The lowest BCUT2D eigenvalue weighted by molar-refractivity contribution is 0.340. The molecule has 0 saturated heterocycles. The van der Waals surface area contributed by atoms with Gasteiger partial charge in [-0.15, -0.1) is 0 Å². The van der Waals surface area contributed by atoms with E-state index in [1.165, 1.54) is 0 Å². The van der Waals surface area contributed by atoms with Gasteiger partial charge in [-0.05, 0) is 58.8 Å². The Morgan fingerprint density at radius 3 is 2.65 bits per heavy atom. The van der Waals surface area contributed by atoms with E-state index in [1.54, 1.807) is 10.9 Å². The molecule has 2 aromatic rings. The number of aromatic nitrogens is 2. The van der Waals surface area contributed by atoms with Crippen LogP contribution in [0.4, 0.5) is 0 Å². The summed E-state index contributed by atoms with van der Waals surface area (Å²) in [5.74, 6) is 0.801. The maximum absolute atomic E-state index is 9.34. The number of rotatable bonds is 4. The van der Waals surface area contributed by atoms with Crippen LogP contribution in [-0.2, 0) is 7.05 Å². The SMILES string of the molecule is CCOc1ccc(/C(C#N)=C/c2c(Br)cnn2C)cc1. The fourth-order valence-electron chi connectivity index (χ4n) is 1.80. The molecule has 0 radical (unpaired) electrons. The Bertz CT molecular complexity index is 646. The van der Waals surface area contributed by atoms with Crippen molar-refractivity contribution < 1.29 is 4.74 Å². The lowest BCUT2D eigenvalue weighted by Crippen LogP contribution is -1.94. The Morgan fingerprint density at radius 2 is 2.15 bits per heavy atom. The second-order valence-electron chi connectivity index (χ2n) is 4.13. The third-order valence-corrected chi connectivity index (χ3v) is 3.43. The Kier molecular flexibility index (Phi) is 4.59. The first-order valence-corrected chi connectivity index (χ1v) is 6.97. The highest BCUT2D eigenvalue weighted by molar-refractivity contribution is 9.10. The first-order chi connectivity index (χ1) is 9.65. The molecule has 2 rings (SSSR count). The zero-order chi connectivity index (χ0) is 14.5. The number of nitrogens with zero attached hydrogens (tertiary/aromatic N) is 3. The molecule has 0 atom stereocenters. The maximum Gasteiger partial charge on any atom is 0.119 e. The van der Waals surface area contributed by atoms with E-state index in [0.717, 1.165) is 21.5 Å². The van der Waals surface area contributed by atoms with E-state index in [-0.39, 0.29) is 0 Å². The molecule has 0 bridgehead atoms. The van der Waals surface area contributed by atoms with Crippen LogP contribution >= 0.6 is 15.9 Å². The van der Waals surface area contributed by atoms with Crippen LogP contribution in [-0.4, -0.2) is 16.4 Å². The Hall–Kier alpha value is -2.06. The summed E-state index contributed by atoms with van der Waals surface area (Å²) in [5, 5.41) is 13.5. The fraction of sp³-hybridized carbons (Fsp3) is 0.200. The molecule has 0 unspecified atom stereocenters. The van der Waals surface area contributed by atoms with Crippen LogP contribution < -0.4 is 4.74 Å². The Morgan fingerprint density at radius 1 is 1.45 bits per heavy atom. The van der Waals surface area contributed by atoms with E-state index in [0.29, 0.717) is 12.2 Å². The number of hydrogen-bond donors (Lipinski definition) is 0. The van der Waals surface area contributed by atoms with Gasteiger partial charge in [-0.2, -0.15) is 10.4 Å². The van der Waals surface area contributed by atoms with Gasteiger partial charge in [0, 0.05) is 7.05 Å². The van der Waals surface area contributed by atoms with Crippen LogP contribution in [0.5, 0.6) is 5.75 Å². The largest absolute Gasteiger partial charge is 0.494 e. The van der Waals surface area contributed by atoms with Gasteiger partial charge < -0.3 is 4.74 Å². The minimum absolute atomic E-state index is 0.581. The summed E-state index contributed by atoms with van der Waals surface area (Å²) in [6, 6.07) is 9.71. The quantitative estimate of drug-likeness (QED) is 0.803. The summed E-state index contributed by atoms with van der Waals surface area (Å²) in [6.07, 6.45) is 3.52. The van der Waals surface area contributed by atoms with Gasteiger partial charge in [0.05, 0.1) is 34.6 Å². The van der Waals surface area contributed by atoms with Crippen LogP contribution in [0.1, 0.15) is 18.2 Å². The molecular formula is C15H14BrN3O. The van der Waals surface area contributed by atoms with E-state index in [9.17, 15) is 5.26 Å². The first kappa shape index (κ1) is 14.4. The van der Waals surface area contributed by atoms with Crippen LogP contribution in [0.3, 0.4) is 0 Å². The van der Waals surface area contributed by atoms with Crippen molar-refractivity contribution in [1.82, 2.24) is 9.78 Å². The molecule has 0 aliphatic rings. The Labute approximate surface area is 126 Å². The minimum atomic E-state index is 0.581. The van der Waals surface area contributed by atoms with E-state index < -0.39 is 0 Å². The van der Waals surface area contributed by atoms with Crippen LogP contribution in [0.25, 0.3) is 11.6 Å². The standard InChI is InChI=1S/C15H14BrN3O/c1-3-20-13-6-4-11(5-7-13)12(9-17)8-15-14(16)10-18-19(15)2/h4-8,10H,3H2,1-2H3/b12-8+. The van der Waals surface area contributed by atoms with Crippen LogP contribution in [0, 0.1) is 11.3 Å². The number of halogens is 1. The second kappa shape index (κ2) is 6.40. The first-order valence-electron chi connectivity index (χ1n) is 6.18. The van der Waals surface area contributed by atoms with Crippen molar-refractivity contribution in [2.24, 2.45) is 7.05 Å². The second-order valence-corrected chi connectivity index (χ2v) is 4.98. The molecule has 20 heavy (non-hydrogen) atoms. The summed E-state index contributed by atoms with van der Waals surface area (Å²) in [5.41, 5.74) is 2.29. The molecule has 0 fully saturated rings. The van der Waals surface area contributed by atoms with Crippen molar-refractivity contribution in [1.29, 1.82) is 5.26 Å². The highest BCUT2D eigenvalue weighted by Gasteiger charge is 2.07. The van der Waals surface area contributed by atoms with E-state index >= 15 is 0 Å².